The first kappa shape index (κ1) is 15.1. The molecule has 1 aliphatic rings. The fraction of sp³-hybridized carbons (Fsp3) is 0. The van der Waals surface area contributed by atoms with Crippen LogP contribution in [0.4, 0.5) is 5.82 Å². The molecule has 1 aromatic carbocycles. The van der Waals surface area contributed by atoms with Gasteiger partial charge in [-0.05, 0) is 12.1 Å². The van der Waals surface area contributed by atoms with Crippen LogP contribution >= 0.6 is 23.2 Å². The first-order valence-corrected chi connectivity index (χ1v) is 6.92. The Labute approximate surface area is 138 Å². The van der Waals surface area contributed by atoms with Crippen LogP contribution in [0.3, 0.4) is 0 Å². The average Bonchev–Trinajstić information content (AvgIpc) is 2.77. The maximum atomic E-state index is 12.3. The van der Waals surface area contributed by atoms with Crippen LogP contribution in [0.1, 0.15) is 26.3 Å². The molecule has 1 aromatic heterocycles. The molecule has 3 rings (SSSR count). The van der Waals surface area contributed by atoms with E-state index in [1.807, 2.05) is 6.07 Å². The van der Waals surface area contributed by atoms with Crippen molar-refractivity contribution in [2.45, 2.75) is 0 Å². The van der Waals surface area contributed by atoms with Gasteiger partial charge in [-0.15, -0.1) is 0 Å². The quantitative estimate of drug-likeness (QED) is 0.756. The molecule has 0 radical (unpaired) electrons. The molecule has 2 amide bonds. The van der Waals surface area contributed by atoms with Crippen molar-refractivity contribution in [3.05, 3.63) is 55.3 Å². The van der Waals surface area contributed by atoms with Gasteiger partial charge in [-0.1, -0.05) is 23.2 Å². The number of nitrogen functional groups attached to an aromatic ring is 1. The van der Waals surface area contributed by atoms with Crippen molar-refractivity contribution in [1.82, 2.24) is 9.88 Å². The fourth-order valence-electron chi connectivity index (χ4n) is 2.36. The summed E-state index contributed by atoms with van der Waals surface area (Å²) in [7, 11) is 0. The predicted octanol–water partition coefficient (Wildman–Crippen LogP) is 1.48. The number of carbonyl (C=O) groups excluding carboxylic acids is 2. The maximum Gasteiger partial charge on any atom is 0.262 e. The maximum absolute atomic E-state index is 12.3. The lowest BCUT2D eigenvalue weighted by molar-refractivity contribution is 0.0880. The molecule has 0 fully saturated rings. The van der Waals surface area contributed by atoms with Crippen molar-refractivity contribution >= 4 is 40.8 Å². The van der Waals surface area contributed by atoms with E-state index in [0.29, 0.717) is 0 Å². The number of nitriles is 1. The number of anilines is 1. The second-order valence-corrected chi connectivity index (χ2v) is 5.43. The largest absolute Gasteiger partial charge is 0.384 e. The zero-order valence-electron chi connectivity index (χ0n) is 11.2. The van der Waals surface area contributed by atoms with Crippen LogP contribution in [0.2, 0.25) is 10.0 Å². The highest BCUT2D eigenvalue weighted by Gasteiger charge is 2.32. The zero-order valence-corrected chi connectivity index (χ0v) is 12.7. The number of fused-ring (bicyclic) bond motifs is 1. The van der Waals surface area contributed by atoms with Crippen LogP contribution in [0, 0.1) is 11.3 Å². The molecule has 0 saturated heterocycles. The van der Waals surface area contributed by atoms with Gasteiger partial charge in [0, 0.05) is 6.07 Å². The Hall–Kier alpha value is -2.82. The first-order chi connectivity index (χ1) is 10.9. The van der Waals surface area contributed by atoms with Crippen LogP contribution in [-0.2, 0) is 0 Å². The van der Waals surface area contributed by atoms with Crippen molar-refractivity contribution < 1.29 is 9.59 Å². The van der Waals surface area contributed by atoms with Crippen LogP contribution in [0.5, 0.6) is 0 Å². The van der Waals surface area contributed by atoms with E-state index in [-0.39, 0.29) is 38.2 Å². The van der Waals surface area contributed by atoms with E-state index in [0.717, 1.165) is 10.6 Å². The summed E-state index contributed by atoms with van der Waals surface area (Å²) in [4.78, 5) is 35.8. The highest BCUT2D eigenvalue weighted by atomic mass is 35.5. The van der Waals surface area contributed by atoms with Crippen molar-refractivity contribution in [2.24, 2.45) is 0 Å². The summed E-state index contributed by atoms with van der Waals surface area (Å²) in [6.45, 7) is 0. The minimum Gasteiger partial charge on any atom is -0.384 e. The number of nitrogens with two attached hydrogens (primary N) is 1. The van der Waals surface area contributed by atoms with Crippen molar-refractivity contribution in [3.8, 4) is 11.8 Å². The van der Waals surface area contributed by atoms with Crippen molar-refractivity contribution in [1.29, 1.82) is 5.26 Å². The van der Waals surface area contributed by atoms with Gasteiger partial charge in [0.1, 0.15) is 11.9 Å². The third-order valence-electron chi connectivity index (χ3n) is 3.38. The van der Waals surface area contributed by atoms with Crippen molar-refractivity contribution in [2.75, 3.05) is 5.73 Å². The monoisotopic (exact) mass is 348 g/mol. The second-order valence-electron chi connectivity index (χ2n) is 4.64. The number of nitrogens with zero attached hydrogens (tertiary/aromatic N) is 2. The number of rotatable bonds is 1. The zero-order chi connectivity index (χ0) is 16.9. The summed E-state index contributed by atoms with van der Waals surface area (Å²) < 4.78 is 0.942. The van der Waals surface area contributed by atoms with Gasteiger partial charge in [0.15, 0.2) is 0 Å². The molecule has 0 saturated carbocycles. The number of pyridine rings is 1. The summed E-state index contributed by atoms with van der Waals surface area (Å²) in [6.07, 6.45) is 0. The molecule has 3 N–H and O–H groups in total. The van der Waals surface area contributed by atoms with Crippen LogP contribution in [0.25, 0.3) is 5.69 Å². The number of nitrogens with one attached hydrogen (secondary N) is 1. The molecule has 0 atom stereocenters. The van der Waals surface area contributed by atoms with E-state index >= 15 is 0 Å². The van der Waals surface area contributed by atoms with Crippen LogP contribution < -0.4 is 16.6 Å². The minimum atomic E-state index is -0.713. The van der Waals surface area contributed by atoms with Crippen LogP contribution in [0.15, 0.2) is 23.0 Å². The minimum absolute atomic E-state index is 0.0426. The molecule has 0 bridgehead atoms. The number of imide groups is 1. The molecular formula is C14H6Cl2N4O3. The third kappa shape index (κ3) is 2.08. The Morgan fingerprint density at radius 1 is 1.17 bits per heavy atom. The number of benzene rings is 1. The van der Waals surface area contributed by atoms with Crippen LogP contribution in [-0.4, -0.2) is 16.4 Å². The molecule has 2 heterocycles. The summed E-state index contributed by atoms with van der Waals surface area (Å²) in [5.41, 5.74) is 4.99. The fourth-order valence-corrected chi connectivity index (χ4v) is 2.72. The molecule has 2 aromatic rings. The Bertz CT molecular complexity index is 1000. The summed E-state index contributed by atoms with van der Waals surface area (Å²) in [6, 6.07) is 5.60. The van der Waals surface area contributed by atoms with E-state index in [9.17, 15) is 19.6 Å². The molecule has 0 unspecified atom stereocenters. The van der Waals surface area contributed by atoms with E-state index in [2.05, 4.69) is 5.32 Å². The number of hydrogen-bond donors (Lipinski definition) is 2. The molecule has 114 valence electrons. The molecule has 0 aliphatic carbocycles. The van der Waals surface area contributed by atoms with Gasteiger partial charge in [-0.3, -0.25) is 24.3 Å². The highest BCUT2D eigenvalue weighted by molar-refractivity contribution is 6.42. The number of carbonyl (C=O) groups is 2. The standard InChI is InChI=1S/C14H6Cl2N4O3/c15-7-1-2-8(6(4-17)11(7)16)20-9(21)3-5-10(12(20)18)14(23)19-13(5)22/h1-3H,18H2,(H,19,22,23). The highest BCUT2D eigenvalue weighted by Crippen LogP contribution is 2.31. The van der Waals surface area contributed by atoms with E-state index < -0.39 is 17.4 Å². The number of aromatic nitrogens is 1. The number of halogens is 2. The van der Waals surface area contributed by atoms with Gasteiger partial charge in [-0.25, -0.2) is 0 Å². The number of hydrogen-bond acceptors (Lipinski definition) is 5. The van der Waals surface area contributed by atoms with Crippen molar-refractivity contribution in [3.63, 3.8) is 0 Å². The average molecular weight is 349 g/mol. The summed E-state index contributed by atoms with van der Waals surface area (Å²) in [5.74, 6) is -1.67. The molecule has 23 heavy (non-hydrogen) atoms. The Balaban J connectivity index is 2.41. The SMILES string of the molecule is N#Cc1c(-n2c(N)c3c(cc2=O)C(=O)NC3=O)ccc(Cl)c1Cl. The molecule has 7 nitrogen and oxygen atoms in total. The van der Waals surface area contributed by atoms with E-state index in [1.54, 1.807) is 0 Å². The van der Waals surface area contributed by atoms with Gasteiger partial charge in [0.05, 0.1) is 32.4 Å². The van der Waals surface area contributed by atoms with Gasteiger partial charge < -0.3 is 5.73 Å². The van der Waals surface area contributed by atoms with Gasteiger partial charge in [0.25, 0.3) is 17.4 Å². The van der Waals surface area contributed by atoms with Gasteiger partial charge in [-0.2, -0.15) is 5.26 Å². The smallest absolute Gasteiger partial charge is 0.262 e. The lowest BCUT2D eigenvalue weighted by Crippen LogP contribution is -2.24. The van der Waals surface area contributed by atoms with E-state index in [4.69, 9.17) is 28.9 Å². The lowest BCUT2D eigenvalue weighted by atomic mass is 10.1. The summed E-state index contributed by atoms with van der Waals surface area (Å²) in [5, 5.41) is 11.4. The lowest BCUT2D eigenvalue weighted by Gasteiger charge is -2.14. The second kappa shape index (κ2) is 5.12. The molecule has 9 heteroatoms. The summed E-state index contributed by atoms with van der Waals surface area (Å²) >= 11 is 11.8. The topological polar surface area (TPSA) is 118 Å². The third-order valence-corrected chi connectivity index (χ3v) is 4.18. The van der Waals surface area contributed by atoms with Gasteiger partial charge in [0.2, 0.25) is 0 Å². The normalized spacial score (nSPS) is 12.7. The Kier molecular flexibility index (Phi) is 3.36. The number of amides is 2. The Morgan fingerprint density at radius 2 is 1.87 bits per heavy atom. The molecule has 1 aliphatic heterocycles. The molecular weight excluding hydrogens is 343 g/mol. The predicted molar refractivity (Wildman–Crippen MR) is 83.0 cm³/mol. The Morgan fingerprint density at radius 3 is 2.52 bits per heavy atom. The van der Waals surface area contributed by atoms with Gasteiger partial charge >= 0.3 is 0 Å². The molecule has 0 spiro atoms. The van der Waals surface area contributed by atoms with E-state index in [1.165, 1.54) is 12.1 Å². The first-order valence-electron chi connectivity index (χ1n) is 6.16.